The molecule has 0 radical (unpaired) electrons. The molecule has 7 aromatic carbocycles. The minimum Gasteiger partial charge on any atom is -0.497 e. The van der Waals surface area contributed by atoms with Crippen LogP contribution in [0.4, 0.5) is 16.2 Å². The number of thiocarbonyl (C=S) groups is 1. The van der Waals surface area contributed by atoms with Gasteiger partial charge in [-0.2, -0.15) is 0 Å². The second-order valence-electron chi connectivity index (χ2n) is 16.6. The first kappa shape index (κ1) is 46.5. The Morgan fingerprint density at radius 2 is 1.21 bits per heavy atom. The summed E-state index contributed by atoms with van der Waals surface area (Å²) >= 11 is 6.25. The van der Waals surface area contributed by atoms with Crippen LogP contribution in [0, 0.1) is 20.8 Å². The summed E-state index contributed by atoms with van der Waals surface area (Å²) in [6.07, 6.45) is 0.274. The SMILES string of the molecule is COc1ccc(P(=NC[C@@H](NC(=S)N[C@@H]2c3ccccc3C[C@H]2Oc2ccc(C)cc2NC(=O)Nc2cc(C)cc(C)c2)c2ccccc2)(c2ccc(OC)cc2)c2ccc(OC)cc2)cc1. The highest BCUT2D eigenvalue weighted by molar-refractivity contribution is 7.87. The fourth-order valence-corrected chi connectivity index (χ4v) is 12.5. The van der Waals surface area contributed by atoms with Crippen molar-refractivity contribution < 1.29 is 23.7 Å². The molecule has 0 heterocycles. The van der Waals surface area contributed by atoms with Gasteiger partial charge < -0.3 is 40.2 Å². The Balaban J connectivity index is 1.12. The maximum Gasteiger partial charge on any atom is 0.323 e. The third-order valence-electron chi connectivity index (χ3n) is 11.9. The standard InChI is InChI=1S/C55H56N5O5PS/c1-36-16-29-51(49(33-36)58-54(61)57-41-31-37(2)30-38(3)32-41)65-52-34-40-14-10-11-15-48(40)53(52)60-55(67)59-50(39-12-8-7-9-13-39)35-56-66(45-23-17-42(62-4)18-24-45,46-25-19-43(63-5)20-26-46)47-27-21-44(64-6)22-28-47/h7-33,50,52-53H,34-35H2,1-6H3,(H2,57,58,61)(H2,59,60,67)/t50-,52-,53-/m1/s1. The zero-order chi connectivity index (χ0) is 46.9. The number of nitrogens with zero attached hydrogens (tertiary/aromatic N) is 1. The maximum absolute atomic E-state index is 13.4. The maximum atomic E-state index is 13.4. The average Bonchev–Trinajstić information content (AvgIpc) is 3.68. The normalized spacial score (nSPS) is 14.5. The molecule has 10 nitrogen and oxygen atoms in total. The number of hydrogen-bond donors (Lipinski definition) is 4. The van der Waals surface area contributed by atoms with Gasteiger partial charge in [-0.15, -0.1) is 0 Å². The summed E-state index contributed by atoms with van der Waals surface area (Å²) in [5.41, 5.74) is 7.69. The number of amides is 2. The highest BCUT2D eigenvalue weighted by Crippen LogP contribution is 2.48. The minimum absolute atomic E-state index is 0.313. The van der Waals surface area contributed by atoms with Gasteiger partial charge in [0, 0.05) is 28.0 Å². The van der Waals surface area contributed by atoms with Crippen LogP contribution in [0.3, 0.4) is 0 Å². The molecule has 8 rings (SSSR count). The zero-order valence-electron chi connectivity index (χ0n) is 38.6. The predicted octanol–water partition coefficient (Wildman–Crippen LogP) is 10.7. The first-order chi connectivity index (χ1) is 32.5. The molecule has 7 aromatic rings. The Morgan fingerprint density at radius 3 is 1.78 bits per heavy atom. The third kappa shape index (κ3) is 10.8. The van der Waals surface area contributed by atoms with Gasteiger partial charge >= 0.3 is 6.03 Å². The number of hydrogen-bond acceptors (Lipinski definition) is 7. The van der Waals surface area contributed by atoms with E-state index in [9.17, 15) is 4.79 Å². The number of carbonyl (C=O) groups is 1. The van der Waals surface area contributed by atoms with Gasteiger partial charge in [-0.3, -0.25) is 4.74 Å². The van der Waals surface area contributed by atoms with E-state index in [1.807, 2.05) is 118 Å². The predicted molar refractivity (Wildman–Crippen MR) is 277 cm³/mol. The quantitative estimate of drug-likeness (QED) is 0.0594. The summed E-state index contributed by atoms with van der Waals surface area (Å²) < 4.78 is 29.6. The molecule has 0 unspecified atom stereocenters. The molecule has 3 atom stereocenters. The molecule has 12 heteroatoms. The highest BCUT2D eigenvalue weighted by Gasteiger charge is 2.36. The van der Waals surface area contributed by atoms with Crippen molar-refractivity contribution in [1.29, 1.82) is 0 Å². The van der Waals surface area contributed by atoms with Crippen LogP contribution in [0.15, 0.2) is 169 Å². The number of carbonyl (C=O) groups excluding carboxylic acids is 1. The molecule has 0 aromatic heterocycles. The number of urea groups is 1. The largest absolute Gasteiger partial charge is 0.497 e. The molecule has 342 valence electrons. The van der Waals surface area contributed by atoms with Gasteiger partial charge in [0.05, 0.1) is 52.7 Å². The Hall–Kier alpha value is -7.07. The number of nitrogens with one attached hydrogen (secondary N) is 4. The summed E-state index contributed by atoms with van der Waals surface area (Å²) in [6, 6.07) is 54.1. The van der Waals surface area contributed by atoms with Crippen LogP contribution in [-0.4, -0.2) is 45.1 Å². The molecule has 1 aliphatic rings. The lowest BCUT2D eigenvalue weighted by atomic mass is 10.1. The molecule has 67 heavy (non-hydrogen) atoms. The van der Waals surface area contributed by atoms with Gasteiger partial charge in [0.25, 0.3) is 0 Å². The number of ether oxygens (including phenoxy) is 4. The topological polar surface area (TPSA) is 114 Å². The van der Waals surface area contributed by atoms with Gasteiger partial charge in [-0.25, -0.2) is 4.79 Å². The molecule has 0 saturated heterocycles. The molecule has 0 spiro atoms. The van der Waals surface area contributed by atoms with Crippen LogP contribution < -0.4 is 56.1 Å². The van der Waals surface area contributed by atoms with Crippen molar-refractivity contribution in [2.75, 3.05) is 38.5 Å². The van der Waals surface area contributed by atoms with Crippen LogP contribution in [0.1, 0.15) is 45.5 Å². The molecule has 0 aliphatic heterocycles. The average molecular weight is 930 g/mol. The molecule has 0 bridgehead atoms. The van der Waals surface area contributed by atoms with Crippen molar-refractivity contribution in [2.45, 2.75) is 45.4 Å². The van der Waals surface area contributed by atoms with Gasteiger partial charge in [0.1, 0.15) is 29.1 Å². The van der Waals surface area contributed by atoms with E-state index in [1.165, 1.54) is 0 Å². The molecular formula is C55H56N5O5PS. The summed E-state index contributed by atoms with van der Waals surface area (Å²) in [7, 11) is 2.29. The Labute approximate surface area is 399 Å². The monoisotopic (exact) mass is 929 g/mol. The fourth-order valence-electron chi connectivity index (χ4n) is 8.73. The lowest BCUT2D eigenvalue weighted by molar-refractivity contribution is 0.177. The number of methoxy groups -OCH3 is 3. The Morgan fingerprint density at radius 1 is 0.657 bits per heavy atom. The van der Waals surface area contributed by atoms with Crippen LogP contribution in [0.2, 0.25) is 0 Å². The Kier molecular flexibility index (Phi) is 14.6. The van der Waals surface area contributed by atoms with Gasteiger partial charge in [0.15, 0.2) is 5.11 Å². The van der Waals surface area contributed by atoms with Crippen LogP contribution in [-0.2, 0) is 6.42 Å². The molecule has 0 fully saturated rings. The van der Waals surface area contributed by atoms with E-state index >= 15 is 0 Å². The van der Waals surface area contributed by atoms with Crippen molar-refractivity contribution >= 4 is 57.7 Å². The smallest absolute Gasteiger partial charge is 0.323 e. The molecule has 0 saturated carbocycles. The highest BCUT2D eigenvalue weighted by atomic mass is 32.1. The summed E-state index contributed by atoms with van der Waals surface area (Å²) in [6.45, 7) is 6.38. The Bertz CT molecular complexity index is 2750. The molecular weight excluding hydrogens is 874 g/mol. The zero-order valence-corrected chi connectivity index (χ0v) is 40.3. The second-order valence-corrected chi connectivity index (χ2v) is 20.1. The first-order valence-corrected chi connectivity index (χ1v) is 24.4. The number of anilines is 2. The number of rotatable bonds is 15. The van der Waals surface area contributed by atoms with Gasteiger partial charge in [-0.05, 0) is 163 Å². The van der Waals surface area contributed by atoms with E-state index in [4.69, 9.17) is 35.9 Å². The van der Waals surface area contributed by atoms with E-state index in [0.717, 1.165) is 72.2 Å². The number of aryl methyl sites for hydroxylation is 3. The first-order valence-electron chi connectivity index (χ1n) is 22.2. The van der Waals surface area contributed by atoms with Crippen LogP contribution in [0.5, 0.6) is 23.0 Å². The second kappa shape index (κ2) is 21.0. The van der Waals surface area contributed by atoms with Crippen molar-refractivity contribution in [2.24, 2.45) is 4.74 Å². The summed E-state index contributed by atoms with van der Waals surface area (Å²) in [4.78, 5) is 13.4. The number of benzene rings is 7. The molecule has 1 aliphatic carbocycles. The lowest BCUT2D eigenvalue weighted by Crippen LogP contribution is -2.44. The third-order valence-corrected chi connectivity index (χ3v) is 15.9. The van der Waals surface area contributed by atoms with Crippen LogP contribution in [0.25, 0.3) is 0 Å². The number of fused-ring (bicyclic) bond motifs is 1. The van der Waals surface area contributed by atoms with E-state index in [-0.39, 0.29) is 24.2 Å². The lowest BCUT2D eigenvalue weighted by Gasteiger charge is -2.30. The van der Waals surface area contributed by atoms with Crippen LogP contribution >= 0.6 is 19.3 Å². The van der Waals surface area contributed by atoms with Gasteiger partial charge in [-0.1, -0.05) is 66.7 Å². The van der Waals surface area contributed by atoms with Crippen molar-refractivity contribution in [3.63, 3.8) is 0 Å². The molecule has 4 N–H and O–H groups in total. The minimum atomic E-state index is -2.73. The van der Waals surface area contributed by atoms with E-state index in [0.29, 0.717) is 29.5 Å². The van der Waals surface area contributed by atoms with Crippen molar-refractivity contribution in [3.8, 4) is 23.0 Å². The van der Waals surface area contributed by atoms with Crippen molar-refractivity contribution in [3.05, 3.63) is 197 Å². The van der Waals surface area contributed by atoms with E-state index in [2.05, 4.69) is 88.0 Å². The molecule has 2 amide bonds. The summed E-state index contributed by atoms with van der Waals surface area (Å²) in [5.74, 6) is 2.84. The fraction of sp³-hybridized carbons (Fsp3) is 0.200. The van der Waals surface area contributed by atoms with Gasteiger partial charge in [0.2, 0.25) is 0 Å². The van der Waals surface area contributed by atoms with Crippen molar-refractivity contribution in [1.82, 2.24) is 10.6 Å². The van der Waals surface area contributed by atoms with E-state index < -0.39 is 7.05 Å². The van der Waals surface area contributed by atoms with E-state index in [1.54, 1.807) is 21.3 Å². The summed E-state index contributed by atoms with van der Waals surface area (Å²) in [5, 5.41) is 17.1.